The fraction of sp³-hybridized carbons (Fsp3) is 0.591. The first-order valence-corrected chi connectivity index (χ1v) is 10.9. The van der Waals surface area contributed by atoms with Gasteiger partial charge in [-0.3, -0.25) is 9.79 Å². The Morgan fingerprint density at radius 1 is 1.17 bits per heavy atom. The Labute approximate surface area is 179 Å². The van der Waals surface area contributed by atoms with E-state index in [9.17, 15) is 9.59 Å². The number of hydrogen-bond donors (Lipinski definition) is 3. The normalized spacial score (nSPS) is 19.3. The zero-order valence-corrected chi connectivity index (χ0v) is 18.3. The highest BCUT2D eigenvalue weighted by molar-refractivity contribution is 5.89. The first-order chi connectivity index (χ1) is 14.5. The number of likely N-dealkylation sites (tertiary alicyclic amines) is 2. The quantitative estimate of drug-likeness (QED) is 0.509. The Hall–Kier alpha value is -2.77. The number of nitrogens with one attached hydrogen (secondary N) is 3. The van der Waals surface area contributed by atoms with Gasteiger partial charge in [-0.15, -0.1) is 0 Å². The summed E-state index contributed by atoms with van der Waals surface area (Å²) < 4.78 is 0. The molecule has 8 nitrogen and oxygen atoms in total. The molecular weight excluding hydrogens is 380 g/mol. The first-order valence-electron chi connectivity index (χ1n) is 10.9. The molecule has 0 bridgehead atoms. The molecule has 1 aromatic rings. The van der Waals surface area contributed by atoms with E-state index in [0.717, 1.165) is 50.1 Å². The Bertz CT molecular complexity index is 773. The molecule has 1 atom stereocenters. The number of anilines is 1. The Balaban J connectivity index is 1.48. The number of rotatable bonds is 5. The van der Waals surface area contributed by atoms with Crippen LogP contribution in [-0.2, 0) is 11.3 Å². The van der Waals surface area contributed by atoms with Gasteiger partial charge in [0.1, 0.15) is 0 Å². The minimum Gasteiger partial charge on any atom is -0.352 e. The molecule has 2 aliphatic rings. The van der Waals surface area contributed by atoms with Crippen molar-refractivity contribution in [2.75, 3.05) is 38.5 Å². The molecular formula is C22H34N6O2. The number of benzene rings is 1. The van der Waals surface area contributed by atoms with Gasteiger partial charge in [-0.1, -0.05) is 26.0 Å². The second-order valence-electron chi connectivity index (χ2n) is 8.32. The lowest BCUT2D eigenvalue weighted by Gasteiger charge is -2.20. The molecule has 2 fully saturated rings. The van der Waals surface area contributed by atoms with Crippen molar-refractivity contribution < 1.29 is 9.59 Å². The molecule has 0 saturated carbocycles. The van der Waals surface area contributed by atoms with Crippen LogP contribution in [0.15, 0.2) is 29.3 Å². The number of carbonyl (C=O) groups excluding carboxylic acids is 2. The topological polar surface area (TPSA) is 89.1 Å². The maximum absolute atomic E-state index is 12.3. The average molecular weight is 415 g/mol. The lowest BCUT2D eigenvalue weighted by atomic mass is 10.2. The lowest BCUT2D eigenvalue weighted by molar-refractivity contribution is -0.133. The van der Waals surface area contributed by atoms with Crippen LogP contribution >= 0.6 is 0 Å². The second kappa shape index (κ2) is 10.3. The van der Waals surface area contributed by atoms with Gasteiger partial charge in [0.25, 0.3) is 0 Å². The van der Waals surface area contributed by atoms with Crippen molar-refractivity contribution in [2.24, 2.45) is 10.9 Å². The van der Waals surface area contributed by atoms with Crippen molar-refractivity contribution in [1.82, 2.24) is 20.4 Å². The van der Waals surface area contributed by atoms with Crippen molar-refractivity contribution >= 4 is 23.6 Å². The van der Waals surface area contributed by atoms with E-state index in [1.807, 2.05) is 47.9 Å². The summed E-state index contributed by atoms with van der Waals surface area (Å²) in [4.78, 5) is 32.5. The highest BCUT2D eigenvalue weighted by Gasteiger charge is 2.28. The summed E-state index contributed by atoms with van der Waals surface area (Å²) in [7, 11) is 1.74. The van der Waals surface area contributed by atoms with Gasteiger partial charge in [-0.25, -0.2) is 4.79 Å². The highest BCUT2D eigenvalue weighted by atomic mass is 16.2. The van der Waals surface area contributed by atoms with Crippen LogP contribution in [0.1, 0.15) is 38.7 Å². The van der Waals surface area contributed by atoms with Crippen LogP contribution in [0.5, 0.6) is 0 Å². The second-order valence-corrected chi connectivity index (χ2v) is 8.32. The summed E-state index contributed by atoms with van der Waals surface area (Å²) in [6, 6.07) is 8.02. The zero-order valence-electron chi connectivity index (χ0n) is 18.3. The molecule has 2 aliphatic heterocycles. The SMILES string of the molecule is CN=C(NCc1cccc(NC(=O)N2CCCC2)c1)NC1CCN(C(=O)C(C)C)C1. The third kappa shape index (κ3) is 5.87. The van der Waals surface area contributed by atoms with Gasteiger partial charge >= 0.3 is 6.03 Å². The maximum Gasteiger partial charge on any atom is 0.321 e. The minimum absolute atomic E-state index is 0.0272. The molecule has 30 heavy (non-hydrogen) atoms. The largest absolute Gasteiger partial charge is 0.352 e. The average Bonchev–Trinajstić information content (AvgIpc) is 3.43. The minimum atomic E-state index is -0.0307. The molecule has 3 rings (SSSR count). The molecule has 0 radical (unpaired) electrons. The number of nitrogens with zero attached hydrogens (tertiary/aromatic N) is 3. The summed E-state index contributed by atoms with van der Waals surface area (Å²) in [5.41, 5.74) is 1.85. The van der Waals surface area contributed by atoms with E-state index in [4.69, 9.17) is 0 Å². The number of guanidine groups is 1. The number of carbonyl (C=O) groups is 2. The number of urea groups is 1. The fourth-order valence-electron chi connectivity index (χ4n) is 3.90. The zero-order chi connectivity index (χ0) is 21.5. The third-order valence-corrected chi connectivity index (χ3v) is 5.59. The molecule has 2 heterocycles. The van der Waals surface area contributed by atoms with Gasteiger partial charge in [0.05, 0.1) is 0 Å². The predicted octanol–water partition coefficient (Wildman–Crippen LogP) is 2.24. The number of aliphatic imine (C=N–C) groups is 1. The van der Waals surface area contributed by atoms with Crippen LogP contribution in [0, 0.1) is 5.92 Å². The van der Waals surface area contributed by atoms with Crippen LogP contribution in [0.4, 0.5) is 10.5 Å². The van der Waals surface area contributed by atoms with Crippen molar-refractivity contribution in [2.45, 2.75) is 45.7 Å². The molecule has 8 heteroatoms. The summed E-state index contributed by atoms with van der Waals surface area (Å²) in [5, 5.41) is 9.72. The first kappa shape index (κ1) is 21.9. The maximum atomic E-state index is 12.3. The van der Waals surface area contributed by atoms with E-state index >= 15 is 0 Å². The fourth-order valence-corrected chi connectivity index (χ4v) is 3.90. The summed E-state index contributed by atoms with van der Waals surface area (Å²) >= 11 is 0. The molecule has 3 amide bonds. The Morgan fingerprint density at radius 2 is 1.93 bits per heavy atom. The van der Waals surface area contributed by atoms with Crippen LogP contribution in [0.3, 0.4) is 0 Å². The van der Waals surface area contributed by atoms with E-state index < -0.39 is 0 Å². The van der Waals surface area contributed by atoms with Gasteiger partial charge in [0.2, 0.25) is 5.91 Å². The smallest absolute Gasteiger partial charge is 0.321 e. The van der Waals surface area contributed by atoms with Crippen LogP contribution < -0.4 is 16.0 Å². The molecule has 1 aromatic carbocycles. The molecule has 1 unspecified atom stereocenters. The summed E-state index contributed by atoms with van der Waals surface area (Å²) in [6.45, 7) is 7.61. The highest BCUT2D eigenvalue weighted by Crippen LogP contribution is 2.15. The molecule has 3 N–H and O–H groups in total. The number of amides is 3. The van der Waals surface area contributed by atoms with Crippen LogP contribution in [-0.4, -0.2) is 67.0 Å². The van der Waals surface area contributed by atoms with Gasteiger partial charge in [-0.05, 0) is 37.0 Å². The Morgan fingerprint density at radius 3 is 2.63 bits per heavy atom. The van der Waals surface area contributed by atoms with E-state index in [2.05, 4.69) is 20.9 Å². The monoisotopic (exact) mass is 414 g/mol. The molecule has 164 valence electrons. The van der Waals surface area contributed by atoms with Crippen molar-refractivity contribution in [3.05, 3.63) is 29.8 Å². The summed E-state index contributed by atoms with van der Waals surface area (Å²) in [6.07, 6.45) is 3.07. The summed E-state index contributed by atoms with van der Waals surface area (Å²) in [5.74, 6) is 0.944. The van der Waals surface area contributed by atoms with E-state index in [1.54, 1.807) is 7.05 Å². The molecule has 0 aromatic heterocycles. The number of hydrogen-bond acceptors (Lipinski definition) is 3. The molecule has 0 spiro atoms. The van der Waals surface area contributed by atoms with Crippen LogP contribution in [0.2, 0.25) is 0 Å². The molecule has 0 aliphatic carbocycles. The third-order valence-electron chi connectivity index (χ3n) is 5.59. The standard InChI is InChI=1S/C22H34N6O2/c1-16(2)20(29)28-12-9-19(15-28)25-21(23-3)24-14-17-7-6-8-18(13-17)26-22(30)27-10-4-5-11-27/h6-8,13,16,19H,4-5,9-12,14-15H2,1-3H3,(H,26,30)(H2,23,24,25). The molecule has 2 saturated heterocycles. The van der Waals surface area contributed by atoms with Gasteiger partial charge in [0, 0.05) is 57.4 Å². The lowest BCUT2D eigenvalue weighted by Crippen LogP contribution is -2.45. The van der Waals surface area contributed by atoms with E-state index in [1.165, 1.54) is 0 Å². The Kier molecular flexibility index (Phi) is 7.54. The van der Waals surface area contributed by atoms with Crippen LogP contribution in [0.25, 0.3) is 0 Å². The van der Waals surface area contributed by atoms with Gasteiger partial charge in [0.15, 0.2) is 5.96 Å². The van der Waals surface area contributed by atoms with Gasteiger partial charge in [-0.2, -0.15) is 0 Å². The predicted molar refractivity (Wildman–Crippen MR) is 119 cm³/mol. The van der Waals surface area contributed by atoms with E-state index in [0.29, 0.717) is 19.0 Å². The van der Waals surface area contributed by atoms with Crippen molar-refractivity contribution in [3.63, 3.8) is 0 Å². The van der Waals surface area contributed by atoms with Crippen molar-refractivity contribution in [3.8, 4) is 0 Å². The van der Waals surface area contributed by atoms with Gasteiger partial charge < -0.3 is 25.8 Å². The van der Waals surface area contributed by atoms with Crippen molar-refractivity contribution in [1.29, 1.82) is 0 Å². The van der Waals surface area contributed by atoms with E-state index in [-0.39, 0.29) is 23.9 Å².